The van der Waals surface area contributed by atoms with Crippen molar-refractivity contribution in [1.82, 2.24) is 20.1 Å². The van der Waals surface area contributed by atoms with Gasteiger partial charge in [-0.1, -0.05) is 17.9 Å². The fraction of sp³-hybridized carbons (Fsp3) is 0.308. The van der Waals surface area contributed by atoms with Gasteiger partial charge in [0.1, 0.15) is 11.6 Å². The van der Waals surface area contributed by atoms with Crippen molar-refractivity contribution in [1.29, 1.82) is 0 Å². The summed E-state index contributed by atoms with van der Waals surface area (Å²) in [6, 6.07) is 8.36. The number of hydrogen-bond acceptors (Lipinski definition) is 5. The van der Waals surface area contributed by atoms with Crippen LogP contribution in [0.4, 0.5) is 10.5 Å². The van der Waals surface area contributed by atoms with Crippen LogP contribution in [0.3, 0.4) is 0 Å². The Bertz CT molecular complexity index is 1260. The van der Waals surface area contributed by atoms with Gasteiger partial charge in [0.05, 0.1) is 6.20 Å². The first-order valence-corrected chi connectivity index (χ1v) is 11.1. The van der Waals surface area contributed by atoms with Crippen LogP contribution in [0.5, 0.6) is 0 Å². The number of rotatable bonds is 3. The summed E-state index contributed by atoms with van der Waals surface area (Å²) in [6.07, 6.45) is 8.50. The molecule has 174 valence electrons. The van der Waals surface area contributed by atoms with Crippen LogP contribution in [-0.2, 0) is 17.6 Å². The lowest BCUT2D eigenvalue weighted by molar-refractivity contribution is -0.120. The number of anilines is 1. The monoisotopic (exact) mass is 457 g/mol. The van der Waals surface area contributed by atoms with Gasteiger partial charge in [0, 0.05) is 43.3 Å². The number of nitrogens with one attached hydrogen (secondary N) is 1. The number of carbonyl (C=O) groups is 2. The second kappa shape index (κ2) is 9.49. The molecule has 3 aromatic rings. The molecule has 0 fully saturated rings. The molecular formula is C26H27N5O3. The highest BCUT2D eigenvalue weighted by Crippen LogP contribution is 2.27. The minimum absolute atomic E-state index is 0.205. The van der Waals surface area contributed by atoms with Crippen LogP contribution >= 0.6 is 0 Å². The summed E-state index contributed by atoms with van der Waals surface area (Å²) in [5, 5.41) is 16.8. The number of benzene rings is 1. The number of fused-ring (bicyclic) bond motifs is 1. The number of amides is 2. The molecule has 0 unspecified atom stereocenters. The van der Waals surface area contributed by atoms with Crippen molar-refractivity contribution < 1.29 is 14.7 Å². The van der Waals surface area contributed by atoms with E-state index in [1.807, 2.05) is 30.3 Å². The van der Waals surface area contributed by atoms with E-state index in [0.29, 0.717) is 24.8 Å². The van der Waals surface area contributed by atoms with E-state index in [0.717, 1.165) is 22.4 Å². The molecule has 1 aliphatic rings. The molecule has 1 aromatic carbocycles. The second-order valence-corrected chi connectivity index (χ2v) is 8.92. The third-order valence-corrected chi connectivity index (χ3v) is 5.59. The molecule has 8 heteroatoms. The van der Waals surface area contributed by atoms with Crippen molar-refractivity contribution in [3.63, 3.8) is 0 Å². The summed E-state index contributed by atoms with van der Waals surface area (Å²) in [4.78, 5) is 31.5. The van der Waals surface area contributed by atoms with Gasteiger partial charge in [0.15, 0.2) is 0 Å². The largest absolute Gasteiger partial charge is 0.378 e. The molecule has 0 radical (unpaired) electrons. The molecule has 2 N–H and O–H groups in total. The average Bonchev–Trinajstić information content (AvgIpc) is 3.24. The Balaban J connectivity index is 1.46. The second-order valence-electron chi connectivity index (χ2n) is 8.92. The zero-order valence-electron chi connectivity index (χ0n) is 19.4. The van der Waals surface area contributed by atoms with Gasteiger partial charge in [-0.05, 0) is 67.6 Å². The Labute approximate surface area is 198 Å². The fourth-order valence-corrected chi connectivity index (χ4v) is 3.81. The SMILES string of the molecule is CN1C(=O)[C@@H](NC(=O)n2cc(Cc3ccncc3)cn2)CCc2ccc(C#CC(C)(C)O)cc21. The molecule has 2 aromatic heterocycles. The summed E-state index contributed by atoms with van der Waals surface area (Å²) in [5.74, 6) is 5.54. The predicted molar refractivity (Wildman–Crippen MR) is 128 cm³/mol. The van der Waals surface area contributed by atoms with Crippen LogP contribution in [-0.4, -0.2) is 50.5 Å². The number of aryl methyl sites for hydroxylation is 1. The van der Waals surface area contributed by atoms with E-state index in [-0.39, 0.29) is 5.91 Å². The normalized spacial score (nSPS) is 15.7. The summed E-state index contributed by atoms with van der Waals surface area (Å²) in [5.41, 5.74) is 3.32. The molecule has 34 heavy (non-hydrogen) atoms. The molecule has 8 nitrogen and oxygen atoms in total. The fourth-order valence-electron chi connectivity index (χ4n) is 3.81. The molecule has 1 atom stereocenters. The summed E-state index contributed by atoms with van der Waals surface area (Å²) in [7, 11) is 1.69. The van der Waals surface area contributed by atoms with E-state index in [2.05, 4.69) is 27.2 Å². The number of nitrogens with zero attached hydrogens (tertiary/aromatic N) is 4. The van der Waals surface area contributed by atoms with Gasteiger partial charge in [-0.3, -0.25) is 9.78 Å². The van der Waals surface area contributed by atoms with Crippen LogP contribution in [0, 0.1) is 11.8 Å². The molecule has 4 rings (SSSR count). The van der Waals surface area contributed by atoms with Crippen LogP contribution in [0.15, 0.2) is 55.1 Å². The van der Waals surface area contributed by atoms with Gasteiger partial charge >= 0.3 is 6.03 Å². The van der Waals surface area contributed by atoms with E-state index in [9.17, 15) is 14.7 Å². The number of pyridine rings is 1. The third kappa shape index (κ3) is 5.50. The first-order valence-electron chi connectivity index (χ1n) is 11.1. The van der Waals surface area contributed by atoms with E-state index in [1.54, 1.807) is 50.6 Å². The first kappa shape index (κ1) is 23.2. The smallest absolute Gasteiger partial charge is 0.342 e. The minimum atomic E-state index is -1.10. The average molecular weight is 458 g/mol. The number of likely N-dealkylation sites (N-methyl/N-ethyl adjacent to an activating group) is 1. The van der Waals surface area contributed by atoms with Crippen LogP contribution in [0.1, 0.15) is 42.5 Å². The Kier molecular flexibility index (Phi) is 6.48. The van der Waals surface area contributed by atoms with E-state index >= 15 is 0 Å². The van der Waals surface area contributed by atoms with Gasteiger partial charge in [0.2, 0.25) is 5.91 Å². The maximum atomic E-state index is 13.1. The molecule has 0 saturated carbocycles. The Morgan fingerprint density at radius 1 is 1.24 bits per heavy atom. The lowest BCUT2D eigenvalue weighted by Crippen LogP contribution is -2.48. The quantitative estimate of drug-likeness (QED) is 0.589. The van der Waals surface area contributed by atoms with Crippen LogP contribution < -0.4 is 10.2 Å². The van der Waals surface area contributed by atoms with E-state index in [1.165, 1.54) is 4.68 Å². The van der Waals surface area contributed by atoms with Crippen molar-refractivity contribution >= 4 is 17.6 Å². The molecular weight excluding hydrogens is 430 g/mol. The van der Waals surface area contributed by atoms with Gasteiger partial charge < -0.3 is 15.3 Å². The van der Waals surface area contributed by atoms with Gasteiger partial charge in [-0.25, -0.2) is 4.79 Å². The van der Waals surface area contributed by atoms with Crippen molar-refractivity contribution in [3.05, 3.63) is 77.4 Å². The van der Waals surface area contributed by atoms with Crippen molar-refractivity contribution in [3.8, 4) is 11.8 Å². The highest BCUT2D eigenvalue weighted by molar-refractivity contribution is 6.00. The maximum Gasteiger partial charge on any atom is 0.342 e. The number of hydrogen-bond donors (Lipinski definition) is 2. The van der Waals surface area contributed by atoms with E-state index in [4.69, 9.17) is 0 Å². The Morgan fingerprint density at radius 3 is 2.74 bits per heavy atom. The molecule has 0 bridgehead atoms. The molecule has 0 spiro atoms. The van der Waals surface area contributed by atoms with Crippen molar-refractivity contribution in [2.45, 2.75) is 44.8 Å². The number of aromatic nitrogens is 3. The third-order valence-electron chi connectivity index (χ3n) is 5.59. The van der Waals surface area contributed by atoms with Crippen LogP contribution in [0.2, 0.25) is 0 Å². The highest BCUT2D eigenvalue weighted by atomic mass is 16.3. The van der Waals surface area contributed by atoms with Gasteiger partial charge in [0.25, 0.3) is 0 Å². The van der Waals surface area contributed by atoms with Crippen molar-refractivity contribution in [2.75, 3.05) is 11.9 Å². The zero-order valence-corrected chi connectivity index (χ0v) is 19.4. The summed E-state index contributed by atoms with van der Waals surface area (Å²) in [6.45, 7) is 3.24. The van der Waals surface area contributed by atoms with Crippen molar-refractivity contribution in [2.24, 2.45) is 0 Å². The maximum absolute atomic E-state index is 13.1. The molecule has 1 aliphatic heterocycles. The summed E-state index contributed by atoms with van der Waals surface area (Å²) >= 11 is 0. The molecule has 0 saturated heterocycles. The van der Waals surface area contributed by atoms with E-state index < -0.39 is 17.7 Å². The first-order chi connectivity index (χ1) is 16.2. The molecule has 0 aliphatic carbocycles. The minimum Gasteiger partial charge on any atom is -0.378 e. The molecule has 3 heterocycles. The zero-order chi connectivity index (χ0) is 24.3. The lowest BCUT2D eigenvalue weighted by Gasteiger charge is -2.22. The van der Waals surface area contributed by atoms with Crippen LogP contribution in [0.25, 0.3) is 0 Å². The number of carbonyl (C=O) groups excluding carboxylic acids is 2. The Hall–Kier alpha value is -3.96. The summed E-state index contributed by atoms with van der Waals surface area (Å²) < 4.78 is 1.23. The lowest BCUT2D eigenvalue weighted by atomic mass is 10.0. The highest BCUT2D eigenvalue weighted by Gasteiger charge is 2.30. The Morgan fingerprint density at radius 2 is 2.00 bits per heavy atom. The van der Waals surface area contributed by atoms with Gasteiger partial charge in [-0.15, -0.1) is 0 Å². The van der Waals surface area contributed by atoms with Gasteiger partial charge in [-0.2, -0.15) is 9.78 Å². The number of aliphatic hydroxyl groups is 1. The standard InChI is InChI=1S/C26H27N5O3/c1-26(2,34)11-8-18-4-5-21-6-7-22(24(32)30(3)23(21)15-18)29-25(33)31-17-20(16-28-31)14-19-9-12-27-13-10-19/h4-5,9-10,12-13,15-17,22,34H,6-7,14H2,1-3H3,(H,29,33)/t22-/m0/s1. The predicted octanol–water partition coefficient (Wildman–Crippen LogP) is 2.53. The topological polar surface area (TPSA) is 100 Å². The molecule has 2 amide bonds.